The molecule has 1 aliphatic rings. The zero-order chi connectivity index (χ0) is 14.0. The van der Waals surface area contributed by atoms with Crippen LogP contribution in [0.4, 0.5) is 4.79 Å². The number of hydrogen-bond acceptors (Lipinski definition) is 4. The monoisotopic (exact) mass is 283 g/mol. The van der Waals surface area contributed by atoms with Gasteiger partial charge in [0.15, 0.2) is 0 Å². The number of aryl methyl sites for hydroxylation is 1. The van der Waals surface area contributed by atoms with E-state index in [0.29, 0.717) is 19.5 Å². The van der Waals surface area contributed by atoms with E-state index in [9.17, 15) is 9.59 Å². The van der Waals surface area contributed by atoms with E-state index in [0.717, 1.165) is 10.7 Å². The van der Waals surface area contributed by atoms with Crippen LogP contribution in [0.3, 0.4) is 0 Å². The Hall–Kier alpha value is -1.63. The highest BCUT2D eigenvalue weighted by Crippen LogP contribution is 2.29. The normalized spacial score (nSPS) is 22.5. The summed E-state index contributed by atoms with van der Waals surface area (Å²) in [4.78, 5) is 28.8. The topological polar surface area (TPSA) is 82.5 Å². The first kappa shape index (κ1) is 13.8. The van der Waals surface area contributed by atoms with Crippen molar-refractivity contribution in [3.8, 4) is 0 Å². The Labute approximate surface area is 115 Å². The molecule has 2 N–H and O–H groups in total. The fourth-order valence-corrected chi connectivity index (χ4v) is 2.69. The fourth-order valence-electron chi connectivity index (χ4n) is 2.08. The molecule has 1 saturated heterocycles. The molecular formula is C12H17N3O3S. The molecule has 2 amide bonds. The lowest BCUT2D eigenvalue weighted by molar-refractivity contribution is -0.146. The molecule has 0 bridgehead atoms. The number of likely N-dealkylation sites (tertiary alicyclic amines) is 1. The van der Waals surface area contributed by atoms with Gasteiger partial charge < -0.3 is 15.3 Å². The molecule has 6 nitrogen and oxygen atoms in total. The Morgan fingerprint density at radius 2 is 2.37 bits per heavy atom. The summed E-state index contributed by atoms with van der Waals surface area (Å²) in [6.07, 6.45) is 0.492. The van der Waals surface area contributed by atoms with Crippen LogP contribution >= 0.6 is 11.3 Å². The van der Waals surface area contributed by atoms with Crippen molar-refractivity contribution >= 4 is 23.3 Å². The van der Waals surface area contributed by atoms with E-state index in [1.165, 1.54) is 11.3 Å². The van der Waals surface area contributed by atoms with Gasteiger partial charge in [-0.3, -0.25) is 4.79 Å². The Morgan fingerprint density at radius 1 is 1.63 bits per heavy atom. The zero-order valence-corrected chi connectivity index (χ0v) is 11.8. The van der Waals surface area contributed by atoms with E-state index in [1.54, 1.807) is 11.8 Å². The van der Waals surface area contributed by atoms with Gasteiger partial charge in [-0.1, -0.05) is 0 Å². The van der Waals surface area contributed by atoms with E-state index in [-0.39, 0.29) is 12.6 Å². The SMILES string of the molecule is Cc1nc(CNC(=O)N2CCC(C)(C(=O)O)C2)cs1. The largest absolute Gasteiger partial charge is 0.481 e. The number of nitrogens with zero attached hydrogens (tertiary/aromatic N) is 2. The third-order valence-corrected chi connectivity index (χ3v) is 4.19. The first-order chi connectivity index (χ1) is 8.90. The smallest absolute Gasteiger partial charge is 0.317 e. The molecule has 1 unspecified atom stereocenters. The van der Waals surface area contributed by atoms with Crippen molar-refractivity contribution in [3.05, 3.63) is 16.1 Å². The van der Waals surface area contributed by atoms with E-state index >= 15 is 0 Å². The number of aliphatic carboxylic acids is 1. The average molecular weight is 283 g/mol. The molecule has 7 heteroatoms. The van der Waals surface area contributed by atoms with Gasteiger partial charge in [0.05, 0.1) is 22.7 Å². The Kier molecular flexibility index (Phi) is 3.75. The number of aromatic nitrogens is 1. The number of amides is 2. The zero-order valence-electron chi connectivity index (χ0n) is 11.0. The lowest BCUT2D eigenvalue weighted by Gasteiger charge is -2.20. The van der Waals surface area contributed by atoms with Gasteiger partial charge in [-0.2, -0.15) is 0 Å². The highest BCUT2D eigenvalue weighted by Gasteiger charge is 2.42. The molecule has 1 fully saturated rings. The second-order valence-electron chi connectivity index (χ2n) is 5.05. The number of carboxylic acid groups (broad SMARTS) is 1. The fraction of sp³-hybridized carbons (Fsp3) is 0.583. The third-order valence-electron chi connectivity index (χ3n) is 3.36. The maximum atomic E-state index is 11.9. The van der Waals surface area contributed by atoms with Crippen LogP contribution < -0.4 is 5.32 Å². The summed E-state index contributed by atoms with van der Waals surface area (Å²) in [7, 11) is 0. The van der Waals surface area contributed by atoms with Crippen LogP contribution in [0.1, 0.15) is 24.0 Å². The highest BCUT2D eigenvalue weighted by molar-refractivity contribution is 7.09. The second kappa shape index (κ2) is 5.16. The molecule has 1 aromatic heterocycles. The molecule has 2 heterocycles. The molecule has 0 spiro atoms. The van der Waals surface area contributed by atoms with Gasteiger partial charge in [-0.15, -0.1) is 11.3 Å². The lowest BCUT2D eigenvalue weighted by atomic mass is 9.90. The van der Waals surface area contributed by atoms with Gasteiger partial charge >= 0.3 is 12.0 Å². The number of carbonyl (C=O) groups excluding carboxylic acids is 1. The minimum Gasteiger partial charge on any atom is -0.481 e. The predicted octanol–water partition coefficient (Wildman–Crippen LogP) is 1.46. The Morgan fingerprint density at radius 3 is 2.89 bits per heavy atom. The average Bonchev–Trinajstić information content (AvgIpc) is 2.94. The molecule has 2 rings (SSSR count). The van der Waals surface area contributed by atoms with Crippen LogP contribution in [-0.2, 0) is 11.3 Å². The molecule has 0 saturated carbocycles. The summed E-state index contributed by atoms with van der Waals surface area (Å²) in [5.74, 6) is -0.849. The van der Waals surface area contributed by atoms with Crippen LogP contribution in [0.2, 0.25) is 0 Å². The van der Waals surface area contributed by atoms with Crippen molar-refractivity contribution in [2.24, 2.45) is 5.41 Å². The molecule has 0 aliphatic carbocycles. The standard InChI is InChI=1S/C12H17N3O3S/c1-8-14-9(6-19-8)5-13-11(18)15-4-3-12(2,7-15)10(16)17/h6H,3-5,7H2,1-2H3,(H,13,18)(H,16,17). The summed E-state index contributed by atoms with van der Waals surface area (Å²) in [6, 6.07) is -0.226. The van der Waals surface area contributed by atoms with Crippen molar-refractivity contribution in [1.29, 1.82) is 0 Å². The summed E-state index contributed by atoms with van der Waals surface area (Å²) >= 11 is 1.54. The van der Waals surface area contributed by atoms with Gasteiger partial charge in [0.25, 0.3) is 0 Å². The van der Waals surface area contributed by atoms with Gasteiger partial charge in [0.2, 0.25) is 0 Å². The quantitative estimate of drug-likeness (QED) is 0.879. The van der Waals surface area contributed by atoms with E-state index in [4.69, 9.17) is 5.11 Å². The number of carbonyl (C=O) groups is 2. The third kappa shape index (κ3) is 3.04. The Bertz CT molecular complexity index is 502. The van der Waals surface area contributed by atoms with Crippen LogP contribution in [0.5, 0.6) is 0 Å². The van der Waals surface area contributed by atoms with Crippen molar-refractivity contribution in [2.45, 2.75) is 26.8 Å². The minimum atomic E-state index is -0.849. The number of nitrogens with one attached hydrogen (secondary N) is 1. The van der Waals surface area contributed by atoms with Crippen LogP contribution in [-0.4, -0.2) is 40.1 Å². The first-order valence-corrected chi connectivity index (χ1v) is 6.96. The van der Waals surface area contributed by atoms with Gasteiger partial charge in [-0.25, -0.2) is 9.78 Å². The van der Waals surface area contributed by atoms with Gasteiger partial charge in [0, 0.05) is 18.5 Å². The van der Waals surface area contributed by atoms with Gasteiger partial charge in [0.1, 0.15) is 0 Å². The molecule has 1 atom stereocenters. The number of hydrogen-bond donors (Lipinski definition) is 2. The number of thiazole rings is 1. The molecule has 104 valence electrons. The molecule has 1 aromatic rings. The number of carboxylic acids is 1. The summed E-state index contributed by atoms with van der Waals surface area (Å²) in [5, 5.41) is 14.8. The van der Waals surface area contributed by atoms with Gasteiger partial charge in [-0.05, 0) is 20.3 Å². The molecule has 1 aliphatic heterocycles. The second-order valence-corrected chi connectivity index (χ2v) is 6.12. The molecular weight excluding hydrogens is 266 g/mol. The number of rotatable bonds is 3. The predicted molar refractivity (Wildman–Crippen MR) is 71.0 cm³/mol. The maximum Gasteiger partial charge on any atom is 0.317 e. The molecule has 0 aromatic carbocycles. The first-order valence-electron chi connectivity index (χ1n) is 6.08. The van der Waals surface area contributed by atoms with Crippen molar-refractivity contribution in [1.82, 2.24) is 15.2 Å². The summed E-state index contributed by atoms with van der Waals surface area (Å²) in [5.41, 5.74) is 0.00483. The maximum absolute atomic E-state index is 11.9. The van der Waals surface area contributed by atoms with E-state index in [2.05, 4.69) is 10.3 Å². The van der Waals surface area contributed by atoms with Crippen molar-refractivity contribution in [3.63, 3.8) is 0 Å². The van der Waals surface area contributed by atoms with Crippen LogP contribution in [0.15, 0.2) is 5.38 Å². The van der Waals surface area contributed by atoms with E-state index < -0.39 is 11.4 Å². The lowest BCUT2D eigenvalue weighted by Crippen LogP contribution is -2.40. The summed E-state index contributed by atoms with van der Waals surface area (Å²) < 4.78 is 0. The van der Waals surface area contributed by atoms with Crippen molar-refractivity contribution in [2.75, 3.05) is 13.1 Å². The molecule has 0 radical (unpaired) electrons. The van der Waals surface area contributed by atoms with E-state index in [1.807, 2.05) is 12.3 Å². The number of urea groups is 1. The van der Waals surface area contributed by atoms with Crippen molar-refractivity contribution < 1.29 is 14.7 Å². The molecule has 19 heavy (non-hydrogen) atoms. The summed E-state index contributed by atoms with van der Waals surface area (Å²) in [6.45, 7) is 4.69. The minimum absolute atomic E-state index is 0.226. The van der Waals surface area contributed by atoms with Crippen LogP contribution in [0.25, 0.3) is 0 Å². The highest BCUT2D eigenvalue weighted by atomic mass is 32.1. The Balaban J connectivity index is 1.86. The van der Waals surface area contributed by atoms with Crippen LogP contribution in [0, 0.1) is 12.3 Å².